The standard InChI is InChI=1S/C12H20N2O2/c1-12(2,3)9(13-4)6-14-10(15)7-5-8(7)11(14)16/h7-9,13H,5-6H2,1-4H3. The van der Waals surface area contributed by atoms with Gasteiger partial charge in [-0.25, -0.2) is 0 Å². The van der Waals surface area contributed by atoms with Crippen molar-refractivity contribution in [1.29, 1.82) is 0 Å². The van der Waals surface area contributed by atoms with Crippen LogP contribution in [0.4, 0.5) is 0 Å². The van der Waals surface area contributed by atoms with Crippen LogP contribution in [0, 0.1) is 17.3 Å². The summed E-state index contributed by atoms with van der Waals surface area (Å²) in [6, 6.07) is 0.151. The molecule has 4 heteroatoms. The highest BCUT2D eigenvalue weighted by molar-refractivity contribution is 6.08. The van der Waals surface area contributed by atoms with Crippen molar-refractivity contribution in [2.75, 3.05) is 13.6 Å². The van der Waals surface area contributed by atoms with Crippen molar-refractivity contribution < 1.29 is 9.59 Å². The fourth-order valence-corrected chi connectivity index (χ4v) is 2.41. The summed E-state index contributed by atoms with van der Waals surface area (Å²) in [6.07, 6.45) is 0.786. The van der Waals surface area contributed by atoms with Crippen LogP contribution in [0.2, 0.25) is 0 Å². The molecule has 0 spiro atoms. The molecule has 1 aliphatic heterocycles. The number of likely N-dealkylation sites (N-methyl/N-ethyl adjacent to an activating group) is 1. The summed E-state index contributed by atoms with van der Waals surface area (Å²) in [5.74, 6) is 0.119. The summed E-state index contributed by atoms with van der Waals surface area (Å²) in [5, 5.41) is 3.19. The molecule has 2 amide bonds. The largest absolute Gasteiger partial charge is 0.315 e. The van der Waals surface area contributed by atoms with Crippen LogP contribution in [0.25, 0.3) is 0 Å². The Kier molecular flexibility index (Phi) is 2.57. The Bertz CT molecular complexity index is 312. The molecule has 0 aromatic carbocycles. The number of hydrogen-bond acceptors (Lipinski definition) is 3. The van der Waals surface area contributed by atoms with Crippen molar-refractivity contribution in [2.24, 2.45) is 17.3 Å². The van der Waals surface area contributed by atoms with Gasteiger partial charge in [0.1, 0.15) is 0 Å². The van der Waals surface area contributed by atoms with Crippen LogP contribution >= 0.6 is 0 Å². The topological polar surface area (TPSA) is 49.4 Å². The van der Waals surface area contributed by atoms with E-state index in [1.165, 1.54) is 4.90 Å². The minimum absolute atomic E-state index is 0.0185. The third-order valence-corrected chi connectivity index (χ3v) is 3.72. The zero-order valence-electron chi connectivity index (χ0n) is 10.4. The van der Waals surface area contributed by atoms with Crippen LogP contribution in [0.1, 0.15) is 27.2 Å². The highest BCUT2D eigenvalue weighted by Gasteiger charge is 2.59. The van der Waals surface area contributed by atoms with Gasteiger partial charge in [-0.1, -0.05) is 20.8 Å². The Hall–Kier alpha value is -0.900. The van der Waals surface area contributed by atoms with Crippen LogP contribution < -0.4 is 5.32 Å². The van der Waals surface area contributed by atoms with E-state index in [1.54, 1.807) is 0 Å². The Morgan fingerprint density at radius 2 is 1.81 bits per heavy atom. The first-order valence-electron chi connectivity index (χ1n) is 5.88. The molecule has 3 atom stereocenters. The maximum Gasteiger partial charge on any atom is 0.233 e. The second-order valence-electron chi connectivity index (χ2n) is 5.94. The van der Waals surface area contributed by atoms with E-state index in [1.807, 2.05) is 7.05 Å². The number of likely N-dealkylation sites (tertiary alicyclic amines) is 1. The lowest BCUT2D eigenvalue weighted by Gasteiger charge is -2.33. The van der Waals surface area contributed by atoms with Crippen LogP contribution in [0.5, 0.6) is 0 Å². The number of piperidine rings is 1. The number of rotatable bonds is 3. The first kappa shape index (κ1) is 11.6. The van der Waals surface area contributed by atoms with Gasteiger partial charge in [0.15, 0.2) is 0 Å². The van der Waals surface area contributed by atoms with Gasteiger partial charge in [0, 0.05) is 12.6 Å². The number of carbonyl (C=O) groups is 2. The predicted molar refractivity (Wildman–Crippen MR) is 60.6 cm³/mol. The first-order chi connectivity index (χ1) is 7.36. The van der Waals surface area contributed by atoms with Crippen molar-refractivity contribution in [3.63, 3.8) is 0 Å². The predicted octanol–water partition coefficient (Wildman–Crippen LogP) is 0.625. The summed E-state index contributed by atoms with van der Waals surface area (Å²) in [6.45, 7) is 6.84. The van der Waals surface area contributed by atoms with Crippen molar-refractivity contribution in [3.8, 4) is 0 Å². The molecular formula is C12H20N2O2. The molecule has 0 aromatic rings. The number of nitrogens with zero attached hydrogens (tertiary/aromatic N) is 1. The SMILES string of the molecule is CNC(CN1C(=O)C2CC2C1=O)C(C)(C)C. The van der Waals surface area contributed by atoms with Gasteiger partial charge < -0.3 is 5.32 Å². The van der Waals surface area contributed by atoms with Gasteiger partial charge in [0.2, 0.25) is 11.8 Å². The van der Waals surface area contributed by atoms with Gasteiger partial charge in [-0.15, -0.1) is 0 Å². The average molecular weight is 224 g/mol. The van der Waals surface area contributed by atoms with Crippen molar-refractivity contribution >= 4 is 11.8 Å². The summed E-state index contributed by atoms with van der Waals surface area (Å²) in [4.78, 5) is 25.1. The van der Waals surface area contributed by atoms with E-state index in [0.717, 1.165) is 6.42 Å². The molecule has 3 unspecified atom stereocenters. The maximum absolute atomic E-state index is 11.8. The molecule has 16 heavy (non-hydrogen) atoms. The van der Waals surface area contributed by atoms with Crippen LogP contribution in [0.15, 0.2) is 0 Å². The van der Waals surface area contributed by atoms with Gasteiger partial charge in [-0.3, -0.25) is 14.5 Å². The minimum atomic E-state index is 0.0185. The summed E-state index contributed by atoms with van der Waals surface area (Å²) in [5.41, 5.74) is 0.0437. The molecule has 90 valence electrons. The smallest absolute Gasteiger partial charge is 0.233 e. The van der Waals surface area contributed by atoms with Crippen LogP contribution in [0.3, 0.4) is 0 Å². The minimum Gasteiger partial charge on any atom is -0.315 e. The zero-order chi connectivity index (χ0) is 12.1. The number of fused-ring (bicyclic) bond motifs is 1. The molecule has 1 aliphatic carbocycles. The molecule has 0 aromatic heterocycles. The van der Waals surface area contributed by atoms with Crippen molar-refractivity contribution in [3.05, 3.63) is 0 Å². The number of amides is 2. The molecule has 1 N–H and O–H groups in total. The third kappa shape index (κ3) is 1.75. The lowest BCUT2D eigenvalue weighted by molar-refractivity contribution is -0.142. The monoisotopic (exact) mass is 224 g/mol. The fraction of sp³-hybridized carbons (Fsp3) is 0.833. The lowest BCUT2D eigenvalue weighted by atomic mass is 9.86. The van der Waals surface area contributed by atoms with Crippen LogP contribution in [-0.2, 0) is 9.59 Å². The summed E-state index contributed by atoms with van der Waals surface area (Å²) < 4.78 is 0. The molecule has 0 bridgehead atoms. The van der Waals surface area contributed by atoms with Gasteiger partial charge >= 0.3 is 0 Å². The molecule has 0 radical (unpaired) electrons. The van der Waals surface area contributed by atoms with Crippen LogP contribution in [-0.4, -0.2) is 36.3 Å². The van der Waals surface area contributed by atoms with Gasteiger partial charge in [0.25, 0.3) is 0 Å². The number of carbonyl (C=O) groups excluding carboxylic acids is 2. The second-order valence-corrected chi connectivity index (χ2v) is 5.94. The first-order valence-corrected chi connectivity index (χ1v) is 5.88. The Morgan fingerprint density at radius 1 is 1.31 bits per heavy atom. The highest BCUT2D eigenvalue weighted by atomic mass is 16.2. The molecule has 1 heterocycles. The number of hydrogen-bond donors (Lipinski definition) is 1. The normalized spacial score (nSPS) is 30.6. The van der Waals surface area contributed by atoms with Gasteiger partial charge in [-0.2, -0.15) is 0 Å². The Morgan fingerprint density at radius 3 is 2.19 bits per heavy atom. The molecular weight excluding hydrogens is 204 g/mol. The molecule has 2 rings (SSSR count). The number of imide groups is 1. The second kappa shape index (κ2) is 3.55. The zero-order valence-corrected chi connectivity index (χ0v) is 10.4. The number of nitrogens with one attached hydrogen (secondary N) is 1. The fourth-order valence-electron chi connectivity index (χ4n) is 2.41. The molecule has 1 saturated carbocycles. The summed E-state index contributed by atoms with van der Waals surface area (Å²) in [7, 11) is 1.88. The molecule has 4 nitrogen and oxygen atoms in total. The van der Waals surface area contributed by atoms with Crippen molar-refractivity contribution in [1.82, 2.24) is 10.2 Å². The Balaban J connectivity index is 2.04. The van der Waals surface area contributed by atoms with E-state index >= 15 is 0 Å². The van der Waals surface area contributed by atoms with E-state index in [4.69, 9.17) is 0 Å². The third-order valence-electron chi connectivity index (χ3n) is 3.72. The van der Waals surface area contributed by atoms with Gasteiger partial charge in [-0.05, 0) is 18.9 Å². The molecule has 2 fully saturated rings. The van der Waals surface area contributed by atoms with E-state index in [-0.39, 0.29) is 35.1 Å². The van der Waals surface area contributed by atoms with Gasteiger partial charge in [0.05, 0.1) is 11.8 Å². The van der Waals surface area contributed by atoms with E-state index < -0.39 is 0 Å². The quantitative estimate of drug-likeness (QED) is 0.715. The average Bonchev–Trinajstić information content (AvgIpc) is 2.90. The van der Waals surface area contributed by atoms with E-state index in [0.29, 0.717) is 6.54 Å². The Labute approximate surface area is 96.4 Å². The van der Waals surface area contributed by atoms with E-state index in [9.17, 15) is 9.59 Å². The summed E-state index contributed by atoms with van der Waals surface area (Å²) >= 11 is 0. The lowest BCUT2D eigenvalue weighted by Crippen LogP contribution is -2.49. The highest BCUT2D eigenvalue weighted by Crippen LogP contribution is 2.47. The van der Waals surface area contributed by atoms with Crippen molar-refractivity contribution in [2.45, 2.75) is 33.2 Å². The maximum atomic E-state index is 11.8. The molecule has 1 saturated heterocycles. The molecule has 2 aliphatic rings. The van der Waals surface area contributed by atoms with E-state index in [2.05, 4.69) is 26.1 Å².